The van der Waals surface area contributed by atoms with Crippen LogP contribution in [0.25, 0.3) is 0 Å². The highest BCUT2D eigenvalue weighted by atomic mass is 15.0. The van der Waals surface area contributed by atoms with Crippen molar-refractivity contribution >= 4 is 0 Å². The maximum absolute atomic E-state index is 4.42. The first kappa shape index (κ1) is 14.7. The Morgan fingerprint density at radius 2 is 1.75 bits per heavy atom. The van der Waals surface area contributed by atoms with Crippen molar-refractivity contribution in [1.82, 2.24) is 15.3 Å². The fourth-order valence-corrected chi connectivity index (χ4v) is 2.46. The molecule has 0 saturated heterocycles. The number of nitrogens with zero attached hydrogens (tertiary/aromatic N) is 2. The number of aromatic nitrogens is 2. The molecular formula is C17H23N3. The van der Waals surface area contributed by atoms with E-state index in [2.05, 4.69) is 59.5 Å². The average molecular weight is 269 g/mol. The summed E-state index contributed by atoms with van der Waals surface area (Å²) in [7, 11) is 0. The minimum absolute atomic E-state index is 0.231. The van der Waals surface area contributed by atoms with Gasteiger partial charge in [0.05, 0.1) is 11.4 Å². The summed E-state index contributed by atoms with van der Waals surface area (Å²) in [4.78, 5) is 8.72. The molecule has 0 radical (unpaired) electrons. The molecule has 0 amide bonds. The Morgan fingerprint density at radius 1 is 1.05 bits per heavy atom. The number of benzene rings is 1. The van der Waals surface area contributed by atoms with Gasteiger partial charge in [0.2, 0.25) is 0 Å². The number of hydrogen-bond donors (Lipinski definition) is 1. The van der Waals surface area contributed by atoms with Gasteiger partial charge in [0.15, 0.2) is 0 Å². The van der Waals surface area contributed by atoms with Crippen LogP contribution < -0.4 is 5.32 Å². The first-order valence-electron chi connectivity index (χ1n) is 7.24. The molecule has 0 bridgehead atoms. The van der Waals surface area contributed by atoms with Crippen molar-refractivity contribution in [3.8, 4) is 0 Å². The van der Waals surface area contributed by atoms with Gasteiger partial charge in [-0.1, -0.05) is 30.3 Å². The summed E-state index contributed by atoms with van der Waals surface area (Å²) in [5.41, 5.74) is 3.44. The van der Waals surface area contributed by atoms with Gasteiger partial charge in [-0.15, -0.1) is 0 Å². The number of rotatable bonds is 6. The monoisotopic (exact) mass is 269 g/mol. The predicted octanol–water partition coefficient (Wildman–Crippen LogP) is 3.46. The molecule has 1 aromatic heterocycles. The Labute approximate surface area is 121 Å². The molecule has 3 nitrogen and oxygen atoms in total. The van der Waals surface area contributed by atoms with Crippen molar-refractivity contribution in [2.75, 3.05) is 0 Å². The van der Waals surface area contributed by atoms with E-state index in [9.17, 15) is 0 Å². The third kappa shape index (κ3) is 4.14. The molecule has 1 aromatic carbocycles. The molecule has 0 aliphatic rings. The van der Waals surface area contributed by atoms with Crippen LogP contribution in [0.4, 0.5) is 0 Å². The summed E-state index contributed by atoms with van der Waals surface area (Å²) < 4.78 is 0. The zero-order valence-electron chi connectivity index (χ0n) is 12.5. The summed E-state index contributed by atoms with van der Waals surface area (Å²) >= 11 is 0. The van der Waals surface area contributed by atoms with Crippen molar-refractivity contribution in [1.29, 1.82) is 0 Å². The Balaban J connectivity index is 1.85. The Morgan fingerprint density at radius 3 is 2.45 bits per heavy atom. The van der Waals surface area contributed by atoms with Gasteiger partial charge in [0, 0.05) is 24.5 Å². The van der Waals surface area contributed by atoms with E-state index in [1.165, 1.54) is 5.56 Å². The zero-order chi connectivity index (χ0) is 14.4. The lowest BCUT2D eigenvalue weighted by molar-refractivity contribution is 0.448. The van der Waals surface area contributed by atoms with Gasteiger partial charge in [-0.2, -0.15) is 0 Å². The van der Waals surface area contributed by atoms with Crippen LogP contribution in [0.15, 0.2) is 42.7 Å². The lowest BCUT2D eigenvalue weighted by atomic mass is 10.0. The van der Waals surface area contributed by atoms with Crippen LogP contribution >= 0.6 is 0 Å². The first-order valence-corrected chi connectivity index (χ1v) is 7.24. The zero-order valence-corrected chi connectivity index (χ0v) is 12.5. The molecule has 0 spiro atoms. The van der Waals surface area contributed by atoms with Crippen LogP contribution in [0.2, 0.25) is 0 Å². The molecule has 2 unspecified atom stereocenters. The second kappa shape index (κ2) is 7.15. The lowest BCUT2D eigenvalue weighted by Gasteiger charge is -2.20. The third-order valence-corrected chi connectivity index (χ3v) is 3.57. The van der Waals surface area contributed by atoms with E-state index in [4.69, 9.17) is 0 Å². The summed E-state index contributed by atoms with van der Waals surface area (Å²) in [5, 5.41) is 3.60. The molecular weight excluding hydrogens is 246 g/mol. The van der Waals surface area contributed by atoms with Crippen molar-refractivity contribution in [2.45, 2.75) is 45.7 Å². The van der Waals surface area contributed by atoms with Crippen LogP contribution in [-0.4, -0.2) is 16.0 Å². The second-order valence-electron chi connectivity index (χ2n) is 5.34. The number of aryl methyl sites for hydroxylation is 2. The minimum atomic E-state index is 0.231. The molecule has 20 heavy (non-hydrogen) atoms. The third-order valence-electron chi connectivity index (χ3n) is 3.57. The van der Waals surface area contributed by atoms with Gasteiger partial charge < -0.3 is 5.32 Å². The highest BCUT2D eigenvalue weighted by Gasteiger charge is 2.13. The highest BCUT2D eigenvalue weighted by Crippen LogP contribution is 2.14. The van der Waals surface area contributed by atoms with Gasteiger partial charge >= 0.3 is 0 Å². The SMILES string of the molecule is Cc1nccnc1C(C)NC(C)CCc1ccccc1. The smallest absolute Gasteiger partial charge is 0.0782 e. The maximum atomic E-state index is 4.42. The molecule has 2 rings (SSSR count). The summed E-state index contributed by atoms with van der Waals surface area (Å²) in [6.07, 6.45) is 5.72. The Bertz CT molecular complexity index is 525. The lowest BCUT2D eigenvalue weighted by Crippen LogP contribution is -2.30. The quantitative estimate of drug-likeness (QED) is 0.872. The van der Waals surface area contributed by atoms with E-state index in [0.29, 0.717) is 6.04 Å². The van der Waals surface area contributed by atoms with Crippen molar-refractivity contribution in [3.05, 3.63) is 59.7 Å². The van der Waals surface area contributed by atoms with E-state index in [1.54, 1.807) is 12.4 Å². The molecule has 3 heteroatoms. The fraction of sp³-hybridized carbons (Fsp3) is 0.412. The number of hydrogen-bond acceptors (Lipinski definition) is 3. The second-order valence-corrected chi connectivity index (χ2v) is 5.34. The molecule has 1 N–H and O–H groups in total. The van der Waals surface area contributed by atoms with Crippen LogP contribution in [0.5, 0.6) is 0 Å². The van der Waals surface area contributed by atoms with E-state index in [0.717, 1.165) is 24.2 Å². The number of nitrogens with one attached hydrogen (secondary N) is 1. The average Bonchev–Trinajstić information content (AvgIpc) is 2.46. The Kier molecular flexibility index (Phi) is 5.24. The minimum Gasteiger partial charge on any atom is -0.306 e. The van der Waals surface area contributed by atoms with Crippen LogP contribution in [0.3, 0.4) is 0 Å². The molecule has 2 aromatic rings. The molecule has 0 saturated carbocycles. The normalized spacial score (nSPS) is 13.9. The predicted molar refractivity (Wildman–Crippen MR) is 82.5 cm³/mol. The van der Waals surface area contributed by atoms with E-state index < -0.39 is 0 Å². The van der Waals surface area contributed by atoms with Gasteiger partial charge in [-0.25, -0.2) is 0 Å². The highest BCUT2D eigenvalue weighted by molar-refractivity contribution is 5.15. The first-order chi connectivity index (χ1) is 9.66. The molecule has 2 atom stereocenters. The van der Waals surface area contributed by atoms with Crippen LogP contribution in [0, 0.1) is 6.92 Å². The van der Waals surface area contributed by atoms with Gasteiger partial charge in [-0.3, -0.25) is 9.97 Å². The van der Waals surface area contributed by atoms with Crippen molar-refractivity contribution < 1.29 is 0 Å². The van der Waals surface area contributed by atoms with Crippen molar-refractivity contribution in [3.63, 3.8) is 0 Å². The van der Waals surface area contributed by atoms with Gasteiger partial charge in [-0.05, 0) is 39.2 Å². The molecule has 0 aliphatic heterocycles. The topological polar surface area (TPSA) is 37.8 Å². The van der Waals surface area contributed by atoms with Gasteiger partial charge in [0.1, 0.15) is 0 Å². The van der Waals surface area contributed by atoms with Crippen molar-refractivity contribution in [2.24, 2.45) is 0 Å². The van der Waals surface area contributed by atoms with Crippen LogP contribution in [-0.2, 0) is 6.42 Å². The van der Waals surface area contributed by atoms with Crippen LogP contribution in [0.1, 0.15) is 43.3 Å². The molecule has 0 fully saturated rings. The summed E-state index contributed by atoms with van der Waals surface area (Å²) in [5.74, 6) is 0. The van der Waals surface area contributed by atoms with E-state index in [1.807, 2.05) is 6.92 Å². The summed E-state index contributed by atoms with van der Waals surface area (Å²) in [6, 6.07) is 11.3. The standard InChI is InChI=1S/C17H23N3/c1-13(9-10-16-7-5-4-6-8-16)20-15(3)17-14(2)18-11-12-19-17/h4-8,11-13,15,20H,9-10H2,1-3H3. The summed E-state index contributed by atoms with van der Waals surface area (Å²) in [6.45, 7) is 6.39. The Hall–Kier alpha value is -1.74. The molecule has 1 heterocycles. The molecule has 0 aliphatic carbocycles. The van der Waals surface area contributed by atoms with E-state index in [-0.39, 0.29) is 6.04 Å². The fourth-order valence-electron chi connectivity index (χ4n) is 2.46. The van der Waals surface area contributed by atoms with E-state index >= 15 is 0 Å². The molecule has 106 valence electrons. The van der Waals surface area contributed by atoms with Gasteiger partial charge in [0.25, 0.3) is 0 Å². The maximum Gasteiger partial charge on any atom is 0.0782 e. The largest absolute Gasteiger partial charge is 0.306 e.